The topological polar surface area (TPSA) is 35.6 Å². The summed E-state index contributed by atoms with van der Waals surface area (Å²) >= 11 is 0. The molecule has 0 aromatic heterocycles. The monoisotopic (exact) mass is 289 g/mol. The van der Waals surface area contributed by atoms with Gasteiger partial charge in [-0.05, 0) is 50.6 Å². The van der Waals surface area contributed by atoms with Crippen LogP contribution in [0.25, 0.3) is 0 Å². The lowest BCUT2D eigenvalue weighted by Gasteiger charge is -2.25. The highest BCUT2D eigenvalue weighted by atomic mass is 16.2. The fourth-order valence-corrected chi connectivity index (χ4v) is 2.89. The molecule has 21 heavy (non-hydrogen) atoms. The second-order valence-electron chi connectivity index (χ2n) is 5.69. The zero-order chi connectivity index (χ0) is 15.2. The summed E-state index contributed by atoms with van der Waals surface area (Å²) in [6.07, 6.45) is 2.17. The predicted molar refractivity (Wildman–Crippen MR) is 88.0 cm³/mol. The van der Waals surface area contributed by atoms with Crippen LogP contribution in [0.15, 0.2) is 24.3 Å². The fraction of sp³-hybridized carbons (Fsp3) is 0.588. The van der Waals surface area contributed by atoms with Gasteiger partial charge in [-0.25, -0.2) is 0 Å². The molecular weight excluding hydrogens is 262 g/mol. The zero-order valence-corrected chi connectivity index (χ0v) is 13.4. The molecule has 0 spiro atoms. The lowest BCUT2D eigenvalue weighted by atomic mass is 10.1. The number of amides is 1. The van der Waals surface area contributed by atoms with Crippen molar-refractivity contribution < 1.29 is 4.79 Å². The van der Waals surface area contributed by atoms with Gasteiger partial charge >= 0.3 is 0 Å². The highest BCUT2D eigenvalue weighted by Gasteiger charge is 2.23. The van der Waals surface area contributed by atoms with Crippen LogP contribution in [0.3, 0.4) is 0 Å². The Morgan fingerprint density at radius 1 is 1.29 bits per heavy atom. The Morgan fingerprint density at radius 2 is 2.00 bits per heavy atom. The zero-order valence-electron chi connectivity index (χ0n) is 13.4. The minimum absolute atomic E-state index is 0.119. The maximum absolute atomic E-state index is 12.5. The molecule has 0 bridgehead atoms. The molecule has 2 rings (SSSR count). The summed E-state index contributed by atoms with van der Waals surface area (Å²) in [5.41, 5.74) is 1.97. The largest absolute Gasteiger partial charge is 0.372 e. The normalized spacial score (nSPS) is 17.8. The van der Waals surface area contributed by atoms with E-state index in [-0.39, 0.29) is 5.91 Å². The van der Waals surface area contributed by atoms with Crippen molar-refractivity contribution in [2.24, 2.45) is 0 Å². The van der Waals surface area contributed by atoms with Crippen molar-refractivity contribution >= 4 is 11.6 Å². The molecule has 1 aliphatic heterocycles. The van der Waals surface area contributed by atoms with Gasteiger partial charge < -0.3 is 15.1 Å². The molecule has 1 aromatic carbocycles. The number of hydrogen-bond donors (Lipinski definition) is 1. The molecule has 116 valence electrons. The van der Waals surface area contributed by atoms with Crippen LogP contribution in [0.4, 0.5) is 5.69 Å². The molecule has 4 nitrogen and oxygen atoms in total. The van der Waals surface area contributed by atoms with E-state index in [0.29, 0.717) is 6.04 Å². The molecule has 4 heteroatoms. The number of nitrogens with one attached hydrogen (secondary N) is 1. The van der Waals surface area contributed by atoms with Gasteiger partial charge in [-0.15, -0.1) is 0 Å². The lowest BCUT2D eigenvalue weighted by Crippen LogP contribution is -2.38. The molecule has 1 N–H and O–H groups in total. The van der Waals surface area contributed by atoms with Gasteiger partial charge in [-0.2, -0.15) is 0 Å². The van der Waals surface area contributed by atoms with Gasteiger partial charge in [0.25, 0.3) is 5.91 Å². The standard InChI is InChI=1S/C17H27N3O/c1-4-12-20(5-2)15-8-6-14(7-9-15)17(21)19(3)16-10-11-18-13-16/h6-9,16,18H,4-5,10-13H2,1-3H3. The quantitative estimate of drug-likeness (QED) is 0.873. The average Bonchev–Trinajstić information content (AvgIpc) is 3.06. The number of anilines is 1. The van der Waals surface area contributed by atoms with Crippen molar-refractivity contribution in [2.75, 3.05) is 38.1 Å². The molecule has 1 aliphatic rings. The minimum Gasteiger partial charge on any atom is -0.372 e. The van der Waals surface area contributed by atoms with Crippen LogP contribution in [0.1, 0.15) is 37.0 Å². The van der Waals surface area contributed by atoms with Gasteiger partial charge in [-0.3, -0.25) is 4.79 Å². The molecule has 0 aliphatic carbocycles. The number of likely N-dealkylation sites (N-methyl/N-ethyl adjacent to an activating group) is 1. The van der Waals surface area contributed by atoms with Crippen molar-refractivity contribution in [3.8, 4) is 0 Å². The molecule has 1 unspecified atom stereocenters. The summed E-state index contributed by atoms with van der Waals surface area (Å²) in [6.45, 7) is 8.30. The summed E-state index contributed by atoms with van der Waals surface area (Å²) in [5, 5.41) is 3.30. The maximum Gasteiger partial charge on any atom is 0.253 e. The molecule has 1 saturated heterocycles. The second kappa shape index (κ2) is 7.46. The fourth-order valence-electron chi connectivity index (χ4n) is 2.89. The van der Waals surface area contributed by atoms with E-state index < -0.39 is 0 Å². The smallest absolute Gasteiger partial charge is 0.253 e. The molecule has 1 heterocycles. The van der Waals surface area contributed by atoms with E-state index in [1.165, 1.54) is 5.69 Å². The van der Waals surface area contributed by atoms with Crippen molar-refractivity contribution in [1.82, 2.24) is 10.2 Å². The van der Waals surface area contributed by atoms with E-state index >= 15 is 0 Å². The van der Waals surface area contributed by atoms with Crippen LogP contribution in [0.2, 0.25) is 0 Å². The first-order valence-corrected chi connectivity index (χ1v) is 8.00. The van der Waals surface area contributed by atoms with Crippen LogP contribution >= 0.6 is 0 Å². The number of nitrogens with zero attached hydrogens (tertiary/aromatic N) is 2. The van der Waals surface area contributed by atoms with Gasteiger partial charge in [0, 0.05) is 44.0 Å². The van der Waals surface area contributed by atoms with Crippen molar-refractivity contribution in [3.63, 3.8) is 0 Å². The Balaban J connectivity index is 2.05. The Labute approximate surface area is 128 Å². The third-order valence-corrected chi connectivity index (χ3v) is 4.26. The first-order chi connectivity index (χ1) is 10.2. The number of benzene rings is 1. The Kier molecular flexibility index (Phi) is 5.62. The van der Waals surface area contributed by atoms with E-state index in [0.717, 1.165) is 44.6 Å². The summed E-state index contributed by atoms with van der Waals surface area (Å²) in [5.74, 6) is 0.119. The van der Waals surface area contributed by atoms with Gasteiger partial charge in [0.2, 0.25) is 0 Å². The van der Waals surface area contributed by atoms with Gasteiger partial charge in [0.1, 0.15) is 0 Å². The lowest BCUT2D eigenvalue weighted by molar-refractivity contribution is 0.0744. The number of rotatable bonds is 6. The van der Waals surface area contributed by atoms with E-state index in [9.17, 15) is 4.79 Å². The van der Waals surface area contributed by atoms with E-state index in [1.54, 1.807) is 0 Å². The summed E-state index contributed by atoms with van der Waals surface area (Å²) in [4.78, 5) is 16.7. The Morgan fingerprint density at radius 3 is 2.52 bits per heavy atom. The van der Waals surface area contributed by atoms with Crippen molar-refractivity contribution in [3.05, 3.63) is 29.8 Å². The summed E-state index contributed by atoms with van der Waals surface area (Å²) in [7, 11) is 1.91. The highest BCUT2D eigenvalue weighted by Crippen LogP contribution is 2.17. The first-order valence-electron chi connectivity index (χ1n) is 8.00. The van der Waals surface area contributed by atoms with E-state index in [1.807, 2.05) is 24.1 Å². The predicted octanol–water partition coefficient (Wildman–Crippen LogP) is 2.36. The molecule has 1 atom stereocenters. The number of carbonyl (C=O) groups is 1. The Hall–Kier alpha value is -1.55. The van der Waals surface area contributed by atoms with Gasteiger partial charge in [0.15, 0.2) is 0 Å². The van der Waals surface area contributed by atoms with Crippen LogP contribution in [0, 0.1) is 0 Å². The molecule has 0 saturated carbocycles. The molecule has 1 aromatic rings. The van der Waals surface area contributed by atoms with Crippen LogP contribution < -0.4 is 10.2 Å². The third kappa shape index (κ3) is 3.76. The van der Waals surface area contributed by atoms with Crippen molar-refractivity contribution in [1.29, 1.82) is 0 Å². The SMILES string of the molecule is CCCN(CC)c1ccc(C(=O)N(C)C2CCNC2)cc1. The minimum atomic E-state index is 0.119. The average molecular weight is 289 g/mol. The summed E-state index contributed by atoms with van der Waals surface area (Å²) < 4.78 is 0. The second-order valence-corrected chi connectivity index (χ2v) is 5.69. The number of carbonyl (C=O) groups excluding carboxylic acids is 1. The highest BCUT2D eigenvalue weighted by molar-refractivity contribution is 5.94. The maximum atomic E-state index is 12.5. The first kappa shape index (κ1) is 15.8. The summed E-state index contributed by atoms with van der Waals surface area (Å²) in [6, 6.07) is 8.36. The van der Waals surface area contributed by atoms with E-state index in [2.05, 4.69) is 36.2 Å². The van der Waals surface area contributed by atoms with E-state index in [4.69, 9.17) is 0 Å². The molecular formula is C17H27N3O. The van der Waals surface area contributed by atoms with Crippen LogP contribution in [0.5, 0.6) is 0 Å². The molecule has 1 fully saturated rings. The van der Waals surface area contributed by atoms with Crippen molar-refractivity contribution in [2.45, 2.75) is 32.7 Å². The van der Waals surface area contributed by atoms with Gasteiger partial charge in [0.05, 0.1) is 0 Å². The number of hydrogen-bond acceptors (Lipinski definition) is 3. The van der Waals surface area contributed by atoms with Crippen LogP contribution in [-0.2, 0) is 0 Å². The Bertz CT molecular complexity index is 452. The molecule has 0 radical (unpaired) electrons. The molecule has 1 amide bonds. The third-order valence-electron chi connectivity index (χ3n) is 4.26. The van der Waals surface area contributed by atoms with Gasteiger partial charge in [-0.1, -0.05) is 6.92 Å². The van der Waals surface area contributed by atoms with Crippen LogP contribution in [-0.4, -0.2) is 50.1 Å².